The molecule has 162 valence electrons. The molecule has 10 nitrogen and oxygen atoms in total. The van der Waals surface area contributed by atoms with E-state index in [0.717, 1.165) is 24.8 Å². The lowest BCUT2D eigenvalue weighted by Crippen LogP contribution is -2.16. The standard InChI is InChI=1S/C19H20O10S/c1-10-6-13(25-2)17(14(7-10)26-3)18(20)16-12(19(21)28-5)8-11(9-15(16)27-4)29-30(22,23)24/h6-9H,1-5H3,(H,22,23,24). The molecule has 0 aliphatic carbocycles. The van der Waals surface area contributed by atoms with E-state index in [-0.39, 0.29) is 33.9 Å². The van der Waals surface area contributed by atoms with Crippen LogP contribution in [0.15, 0.2) is 24.3 Å². The van der Waals surface area contributed by atoms with E-state index in [1.165, 1.54) is 21.3 Å². The first-order valence-corrected chi connectivity index (χ1v) is 9.67. The van der Waals surface area contributed by atoms with Crippen LogP contribution in [0.4, 0.5) is 0 Å². The summed E-state index contributed by atoms with van der Waals surface area (Å²) < 4.78 is 56.0. The third-order valence-corrected chi connectivity index (χ3v) is 4.41. The van der Waals surface area contributed by atoms with Gasteiger partial charge in [0, 0.05) is 6.07 Å². The summed E-state index contributed by atoms with van der Waals surface area (Å²) in [5.41, 5.74) is 0.174. The molecule has 0 aromatic heterocycles. The summed E-state index contributed by atoms with van der Waals surface area (Å²) in [5.74, 6) is -1.97. The molecule has 0 unspecified atom stereocenters. The number of ketones is 1. The highest BCUT2D eigenvalue weighted by Crippen LogP contribution is 2.37. The van der Waals surface area contributed by atoms with E-state index in [1.54, 1.807) is 19.1 Å². The van der Waals surface area contributed by atoms with Crippen molar-refractivity contribution in [3.05, 3.63) is 46.5 Å². The molecule has 0 aliphatic heterocycles. The average molecular weight is 440 g/mol. The van der Waals surface area contributed by atoms with Gasteiger partial charge in [-0.1, -0.05) is 0 Å². The minimum Gasteiger partial charge on any atom is -0.496 e. The van der Waals surface area contributed by atoms with E-state index < -0.39 is 27.9 Å². The Kier molecular flexibility index (Phi) is 6.90. The van der Waals surface area contributed by atoms with E-state index in [4.69, 9.17) is 23.5 Å². The van der Waals surface area contributed by atoms with Crippen molar-refractivity contribution in [1.82, 2.24) is 0 Å². The molecule has 0 radical (unpaired) electrons. The monoisotopic (exact) mass is 440 g/mol. The van der Waals surface area contributed by atoms with Crippen LogP contribution in [0.2, 0.25) is 0 Å². The largest absolute Gasteiger partial charge is 0.496 e. The van der Waals surface area contributed by atoms with Crippen LogP contribution in [0, 0.1) is 6.92 Å². The molecule has 2 rings (SSSR count). The fourth-order valence-electron chi connectivity index (χ4n) is 2.82. The minimum absolute atomic E-state index is 0.0116. The first kappa shape index (κ1) is 23.0. The molecule has 0 saturated heterocycles. The number of carbonyl (C=O) groups is 2. The number of benzene rings is 2. The molecule has 2 aromatic carbocycles. The summed E-state index contributed by atoms with van der Waals surface area (Å²) in [5, 5.41) is 0. The Morgan fingerprint density at radius 1 is 0.833 bits per heavy atom. The molecule has 0 amide bonds. The van der Waals surface area contributed by atoms with Gasteiger partial charge in [0.05, 0.1) is 39.6 Å². The molecule has 0 aliphatic rings. The van der Waals surface area contributed by atoms with Crippen molar-refractivity contribution in [2.24, 2.45) is 0 Å². The second kappa shape index (κ2) is 9.01. The topological polar surface area (TPSA) is 135 Å². The van der Waals surface area contributed by atoms with Crippen LogP contribution in [0.3, 0.4) is 0 Å². The molecule has 0 bridgehead atoms. The van der Waals surface area contributed by atoms with Crippen molar-refractivity contribution in [3.63, 3.8) is 0 Å². The number of rotatable bonds is 8. The van der Waals surface area contributed by atoms with Crippen LogP contribution >= 0.6 is 0 Å². The van der Waals surface area contributed by atoms with Crippen LogP contribution in [-0.4, -0.2) is 53.2 Å². The molecular formula is C19H20O10S. The van der Waals surface area contributed by atoms with Crippen molar-refractivity contribution in [3.8, 4) is 23.0 Å². The average Bonchev–Trinajstić information content (AvgIpc) is 2.69. The maximum Gasteiger partial charge on any atom is 0.446 e. The molecular weight excluding hydrogens is 420 g/mol. The number of carbonyl (C=O) groups excluding carboxylic acids is 2. The summed E-state index contributed by atoms with van der Waals surface area (Å²) in [7, 11) is 0.118. The van der Waals surface area contributed by atoms with Crippen molar-refractivity contribution in [2.45, 2.75) is 6.92 Å². The Morgan fingerprint density at radius 3 is 1.77 bits per heavy atom. The van der Waals surface area contributed by atoms with Gasteiger partial charge in [0.15, 0.2) is 0 Å². The minimum atomic E-state index is -4.90. The second-order valence-electron chi connectivity index (χ2n) is 5.92. The zero-order chi connectivity index (χ0) is 22.6. The van der Waals surface area contributed by atoms with Gasteiger partial charge in [0.2, 0.25) is 5.78 Å². The summed E-state index contributed by atoms with van der Waals surface area (Å²) in [6.07, 6.45) is 0. The molecule has 0 saturated carbocycles. The fraction of sp³-hybridized carbons (Fsp3) is 0.263. The summed E-state index contributed by atoms with van der Waals surface area (Å²) in [4.78, 5) is 25.8. The Morgan fingerprint density at radius 2 is 1.33 bits per heavy atom. The normalized spacial score (nSPS) is 10.9. The maximum absolute atomic E-state index is 13.5. The fourth-order valence-corrected chi connectivity index (χ4v) is 3.16. The van der Waals surface area contributed by atoms with Crippen LogP contribution in [-0.2, 0) is 15.1 Å². The Hall–Kier alpha value is -3.31. The Labute approximate surface area is 173 Å². The molecule has 30 heavy (non-hydrogen) atoms. The summed E-state index contributed by atoms with van der Waals surface area (Å²) in [6.45, 7) is 1.78. The molecule has 11 heteroatoms. The van der Waals surface area contributed by atoms with Crippen LogP contribution in [0.5, 0.6) is 23.0 Å². The number of esters is 1. The van der Waals surface area contributed by atoms with Crippen molar-refractivity contribution in [1.29, 1.82) is 0 Å². The van der Waals surface area contributed by atoms with Gasteiger partial charge in [-0.25, -0.2) is 4.79 Å². The zero-order valence-electron chi connectivity index (χ0n) is 16.8. The predicted molar refractivity (Wildman–Crippen MR) is 104 cm³/mol. The second-order valence-corrected chi connectivity index (χ2v) is 6.95. The van der Waals surface area contributed by atoms with Crippen molar-refractivity contribution >= 4 is 22.2 Å². The molecule has 1 N–H and O–H groups in total. The van der Waals surface area contributed by atoms with E-state index in [0.29, 0.717) is 0 Å². The van der Waals surface area contributed by atoms with Crippen LogP contribution in [0.1, 0.15) is 31.8 Å². The number of hydrogen-bond donors (Lipinski definition) is 1. The quantitative estimate of drug-likeness (QED) is 0.370. The molecule has 0 fully saturated rings. The van der Waals surface area contributed by atoms with E-state index >= 15 is 0 Å². The number of methoxy groups -OCH3 is 4. The van der Waals surface area contributed by atoms with Crippen LogP contribution in [0.25, 0.3) is 0 Å². The predicted octanol–water partition coefficient (Wildman–Crippen LogP) is 2.22. The van der Waals surface area contributed by atoms with Crippen LogP contribution < -0.4 is 18.4 Å². The summed E-state index contributed by atoms with van der Waals surface area (Å²) in [6, 6.07) is 5.18. The van der Waals surface area contributed by atoms with Gasteiger partial charge in [0.25, 0.3) is 0 Å². The van der Waals surface area contributed by atoms with Gasteiger partial charge in [-0.2, -0.15) is 8.42 Å². The highest BCUT2D eigenvalue weighted by Gasteiger charge is 2.30. The first-order chi connectivity index (χ1) is 14.1. The third-order valence-electron chi connectivity index (χ3n) is 4.01. The Balaban J connectivity index is 2.83. The number of aryl methyl sites for hydroxylation is 1. The Bertz CT molecular complexity index is 1060. The lowest BCUT2D eigenvalue weighted by atomic mass is 9.94. The molecule has 0 atom stereocenters. The highest BCUT2D eigenvalue weighted by molar-refractivity contribution is 7.81. The van der Waals surface area contributed by atoms with Crippen molar-refractivity contribution < 1.29 is 45.7 Å². The maximum atomic E-state index is 13.5. The van der Waals surface area contributed by atoms with Gasteiger partial charge in [-0.05, 0) is 30.7 Å². The molecule has 2 aromatic rings. The van der Waals surface area contributed by atoms with E-state index in [9.17, 15) is 18.0 Å². The smallest absolute Gasteiger partial charge is 0.446 e. The third kappa shape index (κ3) is 4.81. The SMILES string of the molecule is COC(=O)c1cc(OS(=O)(=O)O)cc(OC)c1C(=O)c1c(OC)cc(C)cc1OC. The molecule has 0 spiro atoms. The van der Waals surface area contributed by atoms with E-state index in [2.05, 4.69) is 4.18 Å². The van der Waals surface area contributed by atoms with E-state index in [1.807, 2.05) is 0 Å². The van der Waals surface area contributed by atoms with Gasteiger partial charge in [-0.15, -0.1) is 0 Å². The van der Waals surface area contributed by atoms with Gasteiger partial charge in [-0.3, -0.25) is 9.35 Å². The lowest BCUT2D eigenvalue weighted by molar-refractivity contribution is 0.0596. The van der Waals surface area contributed by atoms with Gasteiger partial charge < -0.3 is 23.1 Å². The first-order valence-electron chi connectivity index (χ1n) is 8.30. The summed E-state index contributed by atoms with van der Waals surface area (Å²) >= 11 is 0. The zero-order valence-corrected chi connectivity index (χ0v) is 17.7. The lowest BCUT2D eigenvalue weighted by Gasteiger charge is -2.17. The number of ether oxygens (including phenoxy) is 4. The number of hydrogen-bond acceptors (Lipinski definition) is 9. The van der Waals surface area contributed by atoms with Crippen molar-refractivity contribution in [2.75, 3.05) is 28.4 Å². The van der Waals surface area contributed by atoms with Gasteiger partial charge in [0.1, 0.15) is 28.6 Å². The highest BCUT2D eigenvalue weighted by atomic mass is 32.3. The van der Waals surface area contributed by atoms with Gasteiger partial charge >= 0.3 is 16.4 Å². The molecule has 0 heterocycles.